The Morgan fingerprint density at radius 2 is 1.53 bits per heavy atom. The van der Waals surface area contributed by atoms with Gasteiger partial charge in [-0.05, 0) is 59.4 Å². The Balaban J connectivity index is 1.24. The SMILES string of the molecule is O=S(=O)(NCCCc1cccc(-c2ccccc2)c1)c1ccc(CNCc2cccc(Cl)c2)s1. The molecule has 0 radical (unpaired) electrons. The highest BCUT2D eigenvalue weighted by molar-refractivity contribution is 7.91. The van der Waals surface area contributed by atoms with Crippen molar-refractivity contribution in [3.8, 4) is 11.1 Å². The molecule has 0 aliphatic heterocycles. The fourth-order valence-corrected chi connectivity index (χ4v) is 6.34. The number of rotatable bonds is 11. The monoisotopic (exact) mass is 510 g/mol. The molecule has 4 rings (SSSR count). The van der Waals surface area contributed by atoms with Crippen LogP contribution in [0.15, 0.2) is 95.2 Å². The topological polar surface area (TPSA) is 58.2 Å². The Hall–Kier alpha value is -2.48. The van der Waals surface area contributed by atoms with E-state index in [9.17, 15) is 8.42 Å². The zero-order valence-electron chi connectivity index (χ0n) is 18.7. The largest absolute Gasteiger partial charge is 0.308 e. The van der Waals surface area contributed by atoms with Crippen molar-refractivity contribution in [2.24, 2.45) is 0 Å². The predicted molar refractivity (Wildman–Crippen MR) is 142 cm³/mol. The first-order chi connectivity index (χ1) is 16.5. The molecule has 176 valence electrons. The van der Waals surface area contributed by atoms with E-state index in [0.717, 1.165) is 23.3 Å². The summed E-state index contributed by atoms with van der Waals surface area (Å²) < 4.78 is 28.5. The molecule has 1 aromatic heterocycles. The van der Waals surface area contributed by atoms with Crippen LogP contribution < -0.4 is 10.0 Å². The van der Waals surface area contributed by atoms with Crippen molar-refractivity contribution in [3.05, 3.63) is 112 Å². The third kappa shape index (κ3) is 7.01. The highest BCUT2D eigenvalue weighted by Crippen LogP contribution is 2.22. The molecule has 0 saturated carbocycles. The fraction of sp³-hybridized carbons (Fsp3) is 0.185. The third-order valence-electron chi connectivity index (χ3n) is 5.39. The van der Waals surface area contributed by atoms with Crippen LogP contribution >= 0.6 is 22.9 Å². The predicted octanol–water partition coefficient (Wildman–Crippen LogP) is 6.27. The van der Waals surface area contributed by atoms with Crippen molar-refractivity contribution < 1.29 is 8.42 Å². The summed E-state index contributed by atoms with van der Waals surface area (Å²) in [7, 11) is -3.50. The van der Waals surface area contributed by atoms with Gasteiger partial charge in [-0.15, -0.1) is 11.3 Å². The highest BCUT2D eigenvalue weighted by atomic mass is 35.5. The van der Waals surface area contributed by atoms with Crippen LogP contribution in [0.25, 0.3) is 11.1 Å². The lowest BCUT2D eigenvalue weighted by atomic mass is 10.0. The van der Waals surface area contributed by atoms with Gasteiger partial charge in [-0.1, -0.05) is 78.3 Å². The molecule has 0 aliphatic carbocycles. The van der Waals surface area contributed by atoms with Gasteiger partial charge in [0.25, 0.3) is 0 Å². The third-order valence-corrected chi connectivity index (χ3v) is 8.66. The molecule has 0 aliphatic rings. The van der Waals surface area contributed by atoms with Gasteiger partial charge in [-0.25, -0.2) is 13.1 Å². The quantitative estimate of drug-likeness (QED) is 0.234. The second-order valence-corrected chi connectivity index (χ2v) is 11.6. The molecular weight excluding hydrogens is 484 g/mol. The molecule has 0 atom stereocenters. The summed E-state index contributed by atoms with van der Waals surface area (Å²) in [5.41, 5.74) is 4.65. The molecule has 2 N–H and O–H groups in total. The van der Waals surface area contributed by atoms with Crippen LogP contribution in [0, 0.1) is 0 Å². The number of halogens is 1. The first kappa shape index (κ1) is 24.6. The van der Waals surface area contributed by atoms with E-state index < -0.39 is 10.0 Å². The average molecular weight is 511 g/mol. The van der Waals surface area contributed by atoms with Gasteiger partial charge in [-0.3, -0.25) is 0 Å². The molecule has 1 heterocycles. The van der Waals surface area contributed by atoms with Crippen molar-refractivity contribution in [2.45, 2.75) is 30.1 Å². The summed E-state index contributed by atoms with van der Waals surface area (Å²) in [4.78, 5) is 0.972. The summed E-state index contributed by atoms with van der Waals surface area (Å²) in [6, 6.07) is 29.9. The lowest BCUT2D eigenvalue weighted by Gasteiger charge is -2.07. The molecule has 0 bridgehead atoms. The van der Waals surface area contributed by atoms with Crippen molar-refractivity contribution in [2.75, 3.05) is 6.54 Å². The van der Waals surface area contributed by atoms with Crippen molar-refractivity contribution >= 4 is 33.0 Å². The summed E-state index contributed by atoms with van der Waals surface area (Å²) in [6.45, 7) is 1.67. The molecule has 0 amide bonds. The lowest BCUT2D eigenvalue weighted by molar-refractivity contribution is 0.581. The van der Waals surface area contributed by atoms with Crippen LogP contribution in [-0.2, 0) is 29.5 Å². The van der Waals surface area contributed by atoms with Gasteiger partial charge in [-0.2, -0.15) is 0 Å². The molecule has 3 aromatic carbocycles. The Morgan fingerprint density at radius 1 is 0.765 bits per heavy atom. The maximum absolute atomic E-state index is 12.7. The molecule has 4 aromatic rings. The number of hydrogen-bond acceptors (Lipinski definition) is 4. The minimum Gasteiger partial charge on any atom is -0.308 e. The van der Waals surface area contributed by atoms with E-state index in [2.05, 4.69) is 46.4 Å². The maximum atomic E-state index is 12.7. The lowest BCUT2D eigenvalue weighted by Crippen LogP contribution is -2.24. The van der Waals surface area contributed by atoms with E-state index in [4.69, 9.17) is 11.6 Å². The van der Waals surface area contributed by atoms with E-state index in [-0.39, 0.29) is 0 Å². The Morgan fingerprint density at radius 3 is 2.35 bits per heavy atom. The molecule has 0 fully saturated rings. The van der Waals surface area contributed by atoms with Crippen LogP contribution in [0.3, 0.4) is 0 Å². The van der Waals surface area contributed by atoms with Crippen molar-refractivity contribution in [1.29, 1.82) is 0 Å². The van der Waals surface area contributed by atoms with Crippen LogP contribution in [0.4, 0.5) is 0 Å². The van der Waals surface area contributed by atoms with Crippen LogP contribution in [0.2, 0.25) is 5.02 Å². The zero-order valence-corrected chi connectivity index (χ0v) is 21.1. The Labute approximate surface area is 210 Å². The van der Waals surface area contributed by atoms with Gasteiger partial charge in [0.1, 0.15) is 4.21 Å². The van der Waals surface area contributed by atoms with Gasteiger partial charge >= 0.3 is 0 Å². The van der Waals surface area contributed by atoms with E-state index >= 15 is 0 Å². The zero-order chi connectivity index (χ0) is 23.8. The normalized spacial score (nSPS) is 11.6. The number of aryl methyl sites for hydroxylation is 1. The van der Waals surface area contributed by atoms with Gasteiger partial charge in [0.15, 0.2) is 0 Å². The number of hydrogen-bond donors (Lipinski definition) is 2. The first-order valence-electron chi connectivity index (χ1n) is 11.2. The van der Waals surface area contributed by atoms with E-state index in [1.165, 1.54) is 28.0 Å². The molecule has 0 saturated heterocycles. The molecule has 34 heavy (non-hydrogen) atoms. The minimum atomic E-state index is -3.50. The van der Waals surface area contributed by atoms with Gasteiger partial charge in [0.05, 0.1) is 0 Å². The van der Waals surface area contributed by atoms with Crippen molar-refractivity contribution in [1.82, 2.24) is 10.0 Å². The second-order valence-electron chi connectivity index (χ2n) is 8.02. The minimum absolute atomic E-state index is 0.345. The second kappa shape index (κ2) is 11.8. The first-order valence-corrected chi connectivity index (χ1v) is 13.9. The van der Waals surface area contributed by atoms with Gasteiger partial charge in [0.2, 0.25) is 10.0 Å². The van der Waals surface area contributed by atoms with Crippen molar-refractivity contribution in [3.63, 3.8) is 0 Å². The number of sulfonamides is 1. The van der Waals surface area contributed by atoms with Crippen LogP contribution in [-0.4, -0.2) is 15.0 Å². The van der Waals surface area contributed by atoms with Crippen LogP contribution in [0.1, 0.15) is 22.4 Å². The Kier molecular flexibility index (Phi) is 8.53. The van der Waals surface area contributed by atoms with Crippen LogP contribution in [0.5, 0.6) is 0 Å². The summed E-state index contributed by atoms with van der Waals surface area (Å²) >= 11 is 7.31. The highest BCUT2D eigenvalue weighted by Gasteiger charge is 2.16. The fourth-order valence-electron chi connectivity index (χ4n) is 3.68. The van der Waals surface area contributed by atoms with E-state index in [0.29, 0.717) is 28.9 Å². The van der Waals surface area contributed by atoms with Gasteiger partial charge in [0, 0.05) is 29.5 Å². The summed E-state index contributed by atoms with van der Waals surface area (Å²) in [6.07, 6.45) is 1.54. The smallest absolute Gasteiger partial charge is 0.250 e. The molecule has 0 unspecified atom stereocenters. The van der Waals surface area contributed by atoms with E-state index in [1.807, 2.05) is 48.5 Å². The van der Waals surface area contributed by atoms with E-state index in [1.54, 1.807) is 6.07 Å². The molecular formula is C27H27ClN2O2S2. The number of benzene rings is 3. The summed E-state index contributed by atoms with van der Waals surface area (Å²) in [5.74, 6) is 0. The molecule has 7 heteroatoms. The number of nitrogens with one attached hydrogen (secondary N) is 2. The summed E-state index contributed by atoms with van der Waals surface area (Å²) in [5, 5.41) is 4.04. The molecule has 0 spiro atoms. The number of thiophene rings is 1. The average Bonchev–Trinajstić information content (AvgIpc) is 3.33. The molecule has 4 nitrogen and oxygen atoms in total. The van der Waals surface area contributed by atoms with Gasteiger partial charge < -0.3 is 5.32 Å². The maximum Gasteiger partial charge on any atom is 0.250 e. The Bertz CT molecular complexity index is 1320. The standard InChI is InChI=1S/C27H27ClN2O2S2/c28-25-13-5-8-22(18-25)19-29-20-26-14-15-27(33-26)34(31,32)30-16-6-9-21-7-4-12-24(17-21)23-10-2-1-3-11-23/h1-5,7-8,10-15,17-18,29-30H,6,9,16,19-20H2.